The van der Waals surface area contributed by atoms with Crippen molar-refractivity contribution in [3.05, 3.63) is 0 Å². The Morgan fingerprint density at radius 1 is 1.69 bits per heavy atom. The second kappa shape index (κ2) is 3.43. The molecule has 0 aromatic heterocycles. The molecule has 0 saturated carbocycles. The smallest absolute Gasteiger partial charge is 0.244 e. The van der Waals surface area contributed by atoms with Crippen molar-refractivity contribution in [2.45, 2.75) is 18.9 Å². The summed E-state index contributed by atoms with van der Waals surface area (Å²) in [6, 6.07) is 0. The van der Waals surface area contributed by atoms with Crippen LogP contribution in [-0.4, -0.2) is 30.3 Å². The molecule has 1 rings (SSSR count). The van der Waals surface area contributed by atoms with Crippen molar-refractivity contribution in [1.82, 2.24) is 5.31 Å². The van der Waals surface area contributed by atoms with Crippen molar-refractivity contribution in [3.8, 4) is 0 Å². The number of nitrogens with two attached hydrogens (primary N) is 2. The Labute approximate surface area is 78.3 Å². The lowest BCUT2D eigenvalue weighted by Gasteiger charge is -2.21. The molecular formula is C8H15N3O2. The van der Waals surface area contributed by atoms with E-state index in [0.717, 1.165) is 0 Å². The standard InChI is InChI=1S/C8H15N3O2/c1-8(10,7(9)13)6(12)5-2-3-11-4-5/h5,11H,2-4,10H2,1H3,(H2,9,13)/t5-,8-/m1/s1/i/hD. The van der Waals surface area contributed by atoms with Crippen LogP contribution < -0.4 is 16.8 Å². The first kappa shape index (κ1) is 8.65. The van der Waals surface area contributed by atoms with Gasteiger partial charge in [-0.15, -0.1) is 0 Å². The van der Waals surface area contributed by atoms with Crippen LogP contribution in [0.3, 0.4) is 0 Å². The summed E-state index contributed by atoms with van der Waals surface area (Å²) in [6.45, 7) is 2.19. The van der Waals surface area contributed by atoms with Crippen LogP contribution in [0.4, 0.5) is 0 Å². The molecular weight excluding hydrogens is 170 g/mol. The summed E-state index contributed by atoms with van der Waals surface area (Å²) in [5.74, 6) is -1.51. The number of rotatable bonds is 3. The zero-order valence-electron chi connectivity index (χ0n) is 8.62. The summed E-state index contributed by atoms with van der Waals surface area (Å²) in [5, 5.41) is 1.29. The molecule has 0 spiro atoms. The normalized spacial score (nSPS) is 29.4. The molecule has 74 valence electrons. The Balaban J connectivity index is 2.70. The predicted molar refractivity (Wildman–Crippen MR) is 47.8 cm³/mol. The van der Waals surface area contributed by atoms with Crippen molar-refractivity contribution in [2.75, 3.05) is 13.1 Å². The van der Waals surface area contributed by atoms with Crippen molar-refractivity contribution in [3.63, 3.8) is 0 Å². The number of Topliss-reactive ketones (excluding diaryl/α,β-unsaturated/α-hetero) is 1. The highest BCUT2D eigenvalue weighted by Gasteiger charge is 2.39. The molecule has 0 radical (unpaired) electrons. The largest absolute Gasteiger partial charge is 0.368 e. The predicted octanol–water partition coefficient (Wildman–Crippen LogP) is -1.63. The van der Waals surface area contributed by atoms with Gasteiger partial charge in [0, 0.05) is 12.5 Å². The van der Waals surface area contributed by atoms with E-state index < -0.39 is 11.4 Å². The highest BCUT2D eigenvalue weighted by Crippen LogP contribution is 2.15. The average Bonchev–Trinajstić information content (AvgIpc) is 2.50. The van der Waals surface area contributed by atoms with Crippen LogP contribution in [0.2, 0.25) is 1.41 Å². The molecule has 13 heavy (non-hydrogen) atoms. The molecule has 0 aliphatic carbocycles. The molecule has 1 saturated heterocycles. The van der Waals surface area contributed by atoms with Gasteiger partial charge < -0.3 is 16.8 Å². The Morgan fingerprint density at radius 2 is 2.31 bits per heavy atom. The number of primary amides is 1. The fourth-order valence-electron chi connectivity index (χ4n) is 1.35. The van der Waals surface area contributed by atoms with Crippen LogP contribution in [0.25, 0.3) is 0 Å². The zero-order chi connectivity index (χ0) is 10.9. The number of carbonyl (C=O) groups excluding carboxylic acids is 2. The van der Waals surface area contributed by atoms with Crippen molar-refractivity contribution in [2.24, 2.45) is 17.4 Å². The van der Waals surface area contributed by atoms with Gasteiger partial charge >= 0.3 is 0 Å². The molecule has 5 heteroatoms. The lowest BCUT2D eigenvalue weighted by Crippen LogP contribution is -2.57. The summed E-state index contributed by atoms with van der Waals surface area (Å²) >= 11 is 0. The van der Waals surface area contributed by atoms with E-state index >= 15 is 0 Å². The van der Waals surface area contributed by atoms with Gasteiger partial charge in [-0.2, -0.15) is 0 Å². The number of hydrogen-bond donors (Lipinski definition) is 3. The van der Waals surface area contributed by atoms with Crippen LogP contribution in [0.15, 0.2) is 0 Å². The van der Waals surface area contributed by atoms with Gasteiger partial charge in [0.2, 0.25) is 5.91 Å². The molecule has 1 fully saturated rings. The Hall–Kier alpha value is -0.940. The van der Waals surface area contributed by atoms with Gasteiger partial charge in [-0.25, -0.2) is 0 Å². The van der Waals surface area contributed by atoms with Crippen LogP contribution in [0.1, 0.15) is 13.3 Å². The number of ketones is 1. The van der Waals surface area contributed by atoms with E-state index in [1.165, 1.54) is 12.2 Å². The fourth-order valence-corrected chi connectivity index (χ4v) is 1.35. The quantitative estimate of drug-likeness (QED) is 0.461. The van der Waals surface area contributed by atoms with E-state index in [-0.39, 0.29) is 11.7 Å². The zero-order valence-corrected chi connectivity index (χ0v) is 7.62. The summed E-state index contributed by atoms with van der Waals surface area (Å²) in [7, 11) is 0. The number of amides is 1. The van der Waals surface area contributed by atoms with Gasteiger partial charge in [0.15, 0.2) is 11.3 Å². The van der Waals surface area contributed by atoms with Crippen molar-refractivity contribution in [1.29, 1.82) is 0 Å². The fraction of sp³-hybridized carbons (Fsp3) is 0.750. The summed E-state index contributed by atoms with van der Waals surface area (Å²) in [4.78, 5) is 22.6. The summed E-state index contributed by atoms with van der Waals surface area (Å²) < 4.78 is 7.29. The van der Waals surface area contributed by atoms with Crippen LogP contribution in [-0.2, 0) is 9.59 Å². The highest BCUT2D eigenvalue weighted by molar-refractivity contribution is 6.10. The first-order valence-corrected chi connectivity index (χ1v) is 4.22. The molecule has 1 heterocycles. The highest BCUT2D eigenvalue weighted by atomic mass is 16.2. The summed E-state index contributed by atoms with van der Waals surface area (Å²) in [5.41, 5.74) is 8.95. The molecule has 0 aromatic rings. The molecule has 5 N–H and O–H groups in total. The van der Waals surface area contributed by atoms with Gasteiger partial charge in [0.05, 0.1) is 0 Å². The third kappa shape index (κ3) is 1.87. The van der Waals surface area contributed by atoms with E-state index in [4.69, 9.17) is 12.9 Å². The number of hydrogen-bond acceptors (Lipinski definition) is 4. The van der Waals surface area contributed by atoms with Crippen LogP contribution in [0, 0.1) is 5.92 Å². The second-order valence-electron chi connectivity index (χ2n) is 3.55. The van der Waals surface area contributed by atoms with E-state index in [2.05, 4.69) is 0 Å². The minimum atomic E-state index is -1.60. The van der Waals surface area contributed by atoms with Gasteiger partial charge in [-0.1, -0.05) is 0 Å². The van der Waals surface area contributed by atoms with Crippen molar-refractivity contribution < 1.29 is 11.0 Å². The Kier molecular flexibility index (Phi) is 2.28. The molecule has 1 aliphatic rings. The van der Waals surface area contributed by atoms with Crippen LogP contribution >= 0.6 is 0 Å². The third-order valence-corrected chi connectivity index (χ3v) is 2.38. The van der Waals surface area contributed by atoms with E-state index in [1.54, 1.807) is 0 Å². The van der Waals surface area contributed by atoms with Crippen LogP contribution in [0.5, 0.6) is 0 Å². The minimum Gasteiger partial charge on any atom is -0.368 e. The first-order chi connectivity index (χ1) is 6.35. The number of nitrogens with one attached hydrogen (secondary N) is 1. The maximum Gasteiger partial charge on any atom is 0.244 e. The average molecular weight is 186 g/mol. The van der Waals surface area contributed by atoms with Gasteiger partial charge in [0.1, 0.15) is 1.41 Å². The topological polar surface area (TPSA) is 98.2 Å². The molecule has 0 unspecified atom stereocenters. The Morgan fingerprint density at radius 3 is 2.69 bits per heavy atom. The first-order valence-electron chi connectivity index (χ1n) is 4.67. The van der Waals surface area contributed by atoms with Gasteiger partial charge in [-0.3, -0.25) is 9.59 Å². The maximum absolute atomic E-state index is 11.7. The summed E-state index contributed by atoms with van der Waals surface area (Å²) in [6.07, 6.45) is 0.572. The molecule has 1 amide bonds. The van der Waals surface area contributed by atoms with Gasteiger partial charge in [-0.05, 0) is 19.9 Å². The maximum atomic E-state index is 11.7. The minimum absolute atomic E-state index is 0.332. The molecule has 0 aromatic carbocycles. The number of carbonyl (C=O) groups is 2. The van der Waals surface area contributed by atoms with E-state index in [0.29, 0.717) is 19.5 Å². The molecule has 2 atom stereocenters. The molecule has 1 aliphatic heterocycles. The lowest BCUT2D eigenvalue weighted by atomic mass is 9.87. The van der Waals surface area contributed by atoms with Crippen molar-refractivity contribution >= 4 is 11.7 Å². The SMILES string of the molecule is [2H]N1CC[C@@H](C(=O)[C@@](C)(N)C(N)=O)C1. The molecule has 5 nitrogen and oxygen atoms in total. The third-order valence-electron chi connectivity index (χ3n) is 2.38. The monoisotopic (exact) mass is 186 g/mol. The lowest BCUT2D eigenvalue weighted by molar-refractivity contribution is -0.135. The van der Waals surface area contributed by atoms with E-state index in [1.807, 2.05) is 0 Å². The van der Waals surface area contributed by atoms with Gasteiger partial charge in [0.25, 0.3) is 0 Å². The van der Waals surface area contributed by atoms with E-state index in [9.17, 15) is 9.59 Å². The Bertz CT molecular complexity index is 267. The molecule has 0 bridgehead atoms. The second-order valence-corrected chi connectivity index (χ2v) is 3.55.